The van der Waals surface area contributed by atoms with E-state index in [-0.39, 0.29) is 17.3 Å². The molecule has 124 valence electrons. The van der Waals surface area contributed by atoms with Gasteiger partial charge in [0, 0.05) is 30.6 Å². The fourth-order valence-electron chi connectivity index (χ4n) is 2.78. The van der Waals surface area contributed by atoms with Crippen LogP contribution in [0.1, 0.15) is 77.0 Å². The summed E-state index contributed by atoms with van der Waals surface area (Å²) in [5.74, 6) is -0.365. The van der Waals surface area contributed by atoms with Crippen LogP contribution in [0.5, 0.6) is 0 Å². The number of carbonyl (C=O) groups is 1. The molecule has 0 aromatic carbocycles. The normalized spacial score (nSPS) is 26.6. The summed E-state index contributed by atoms with van der Waals surface area (Å²) < 4.78 is 5.11. The molecule has 0 amide bonds. The van der Waals surface area contributed by atoms with Gasteiger partial charge in [-0.15, -0.1) is 0 Å². The van der Waals surface area contributed by atoms with Crippen LogP contribution >= 0.6 is 0 Å². The topological polar surface area (TPSA) is 93.2 Å². The smallest absolute Gasteiger partial charge is 0.307 e. The van der Waals surface area contributed by atoms with Crippen molar-refractivity contribution >= 4 is 5.97 Å². The van der Waals surface area contributed by atoms with Crippen LogP contribution in [0.2, 0.25) is 0 Å². The highest BCUT2D eigenvalue weighted by atomic mass is 16.6. The van der Waals surface area contributed by atoms with Gasteiger partial charge in [-0.1, -0.05) is 38.5 Å². The minimum absolute atomic E-state index is 0.244. The van der Waals surface area contributed by atoms with Crippen molar-refractivity contribution in [2.45, 2.75) is 89.2 Å². The minimum atomic E-state index is -0.858. The summed E-state index contributed by atoms with van der Waals surface area (Å²) in [6, 6.07) is 1.29. The first kappa shape index (κ1) is 18.4. The lowest BCUT2D eigenvalue weighted by Crippen LogP contribution is -2.23. The van der Waals surface area contributed by atoms with E-state index in [0.29, 0.717) is 19.3 Å². The molecule has 6 nitrogen and oxygen atoms in total. The highest BCUT2D eigenvalue weighted by Crippen LogP contribution is 2.17. The number of hydrogen-bond donors (Lipinski definition) is 0. The Kier molecular flexibility index (Phi) is 9.20. The molecule has 1 saturated heterocycles. The van der Waals surface area contributed by atoms with Gasteiger partial charge in [0.15, 0.2) is 6.10 Å². The van der Waals surface area contributed by atoms with E-state index in [9.17, 15) is 14.9 Å². The van der Waals surface area contributed by atoms with Crippen molar-refractivity contribution in [2.75, 3.05) is 0 Å². The molecule has 2 atom stereocenters. The molecule has 2 unspecified atom stereocenters. The zero-order chi connectivity index (χ0) is 16.2. The Hall–Kier alpha value is -1.64. The van der Waals surface area contributed by atoms with Crippen molar-refractivity contribution in [1.29, 1.82) is 5.26 Å². The predicted molar refractivity (Wildman–Crippen MR) is 81.7 cm³/mol. The Morgan fingerprint density at radius 2 is 1.59 bits per heavy atom. The van der Waals surface area contributed by atoms with Gasteiger partial charge >= 0.3 is 5.97 Å². The van der Waals surface area contributed by atoms with Gasteiger partial charge in [0.2, 0.25) is 6.04 Å². The molecule has 0 bridgehead atoms. The summed E-state index contributed by atoms with van der Waals surface area (Å²) in [6.07, 6.45) is 8.75. The molecule has 1 heterocycles. The molecule has 0 radical (unpaired) electrons. The van der Waals surface area contributed by atoms with Crippen molar-refractivity contribution in [1.82, 2.24) is 0 Å². The van der Waals surface area contributed by atoms with E-state index in [2.05, 4.69) is 0 Å². The fourth-order valence-corrected chi connectivity index (χ4v) is 2.78. The van der Waals surface area contributed by atoms with Gasteiger partial charge in [-0.05, 0) is 12.8 Å². The second-order valence-corrected chi connectivity index (χ2v) is 5.99. The summed E-state index contributed by atoms with van der Waals surface area (Å²) >= 11 is 0. The Morgan fingerprint density at radius 1 is 1.00 bits per heavy atom. The number of nitriles is 1. The SMILES string of the molecule is N#CC1CCC([N+](=O)[O-])CCCCCCCCCCC(=O)O1. The van der Waals surface area contributed by atoms with E-state index in [0.717, 1.165) is 51.4 Å². The monoisotopic (exact) mass is 310 g/mol. The van der Waals surface area contributed by atoms with Crippen LogP contribution < -0.4 is 0 Å². The maximum absolute atomic E-state index is 11.7. The number of hydrogen-bond acceptors (Lipinski definition) is 5. The number of nitro groups is 1. The average Bonchev–Trinajstić information content (AvgIpc) is 2.49. The van der Waals surface area contributed by atoms with Gasteiger partial charge in [-0.2, -0.15) is 5.26 Å². The van der Waals surface area contributed by atoms with Crippen molar-refractivity contribution in [3.63, 3.8) is 0 Å². The maximum atomic E-state index is 11.7. The first-order chi connectivity index (χ1) is 10.6. The molecule has 1 rings (SSSR count). The summed E-state index contributed by atoms with van der Waals surface area (Å²) in [6.45, 7) is 0. The molecule has 0 saturated carbocycles. The minimum Gasteiger partial charge on any atom is -0.447 e. The van der Waals surface area contributed by atoms with Crippen molar-refractivity contribution in [2.24, 2.45) is 0 Å². The van der Waals surface area contributed by atoms with Gasteiger partial charge in [0.05, 0.1) is 0 Å². The van der Waals surface area contributed by atoms with E-state index in [1.54, 1.807) is 0 Å². The zero-order valence-electron chi connectivity index (χ0n) is 13.2. The third kappa shape index (κ3) is 7.96. The van der Waals surface area contributed by atoms with Gasteiger partial charge < -0.3 is 4.74 Å². The Bertz CT molecular complexity index is 392. The van der Waals surface area contributed by atoms with E-state index < -0.39 is 12.1 Å². The fraction of sp³-hybridized carbons (Fsp3) is 0.875. The van der Waals surface area contributed by atoms with E-state index in [1.807, 2.05) is 6.07 Å². The molecular weight excluding hydrogens is 284 g/mol. The molecule has 1 aliphatic rings. The molecule has 0 aromatic heterocycles. The third-order valence-electron chi connectivity index (χ3n) is 4.15. The number of nitrogens with zero attached hydrogens (tertiary/aromatic N) is 2. The first-order valence-corrected chi connectivity index (χ1v) is 8.36. The lowest BCUT2D eigenvalue weighted by Gasteiger charge is -2.14. The second-order valence-electron chi connectivity index (χ2n) is 5.99. The van der Waals surface area contributed by atoms with Crippen LogP contribution in [0.4, 0.5) is 0 Å². The molecule has 0 spiro atoms. The summed E-state index contributed by atoms with van der Waals surface area (Å²) in [5.41, 5.74) is 0. The van der Waals surface area contributed by atoms with Gasteiger partial charge in [0.25, 0.3) is 0 Å². The molecule has 0 N–H and O–H groups in total. The Morgan fingerprint density at radius 3 is 2.18 bits per heavy atom. The van der Waals surface area contributed by atoms with Gasteiger partial charge in [-0.3, -0.25) is 14.9 Å². The van der Waals surface area contributed by atoms with Gasteiger partial charge in [-0.25, -0.2) is 0 Å². The number of ether oxygens (including phenoxy) is 1. The van der Waals surface area contributed by atoms with Crippen LogP contribution in [-0.2, 0) is 9.53 Å². The number of carbonyl (C=O) groups excluding carboxylic acids is 1. The number of cyclic esters (lactones) is 1. The van der Waals surface area contributed by atoms with Gasteiger partial charge in [0.1, 0.15) is 6.07 Å². The standard InChI is InChI=1S/C16H26N2O4/c17-13-15-12-11-14(18(20)21)9-7-5-3-1-2-4-6-8-10-16(19)22-15/h14-15H,1-12H2. The molecule has 0 aromatic rings. The summed E-state index contributed by atoms with van der Waals surface area (Å²) in [7, 11) is 0. The third-order valence-corrected chi connectivity index (χ3v) is 4.15. The summed E-state index contributed by atoms with van der Waals surface area (Å²) in [4.78, 5) is 22.5. The van der Waals surface area contributed by atoms with Crippen molar-refractivity contribution < 1.29 is 14.5 Å². The highest BCUT2D eigenvalue weighted by molar-refractivity contribution is 5.69. The van der Waals surface area contributed by atoms with Crippen LogP contribution in [0.3, 0.4) is 0 Å². The number of esters is 1. The van der Waals surface area contributed by atoms with E-state index in [1.165, 1.54) is 0 Å². The Balaban J connectivity index is 2.54. The van der Waals surface area contributed by atoms with Crippen LogP contribution in [0.15, 0.2) is 0 Å². The van der Waals surface area contributed by atoms with Crippen molar-refractivity contribution in [3.05, 3.63) is 10.1 Å². The zero-order valence-corrected chi connectivity index (χ0v) is 13.2. The molecule has 1 aliphatic heterocycles. The molecule has 6 heteroatoms. The van der Waals surface area contributed by atoms with Crippen LogP contribution in [-0.4, -0.2) is 23.0 Å². The van der Waals surface area contributed by atoms with Crippen LogP contribution in [0, 0.1) is 21.4 Å². The first-order valence-electron chi connectivity index (χ1n) is 8.36. The van der Waals surface area contributed by atoms with E-state index in [4.69, 9.17) is 10.00 Å². The quantitative estimate of drug-likeness (QED) is 0.417. The number of rotatable bonds is 1. The average molecular weight is 310 g/mol. The lowest BCUT2D eigenvalue weighted by atomic mass is 10.0. The van der Waals surface area contributed by atoms with Crippen molar-refractivity contribution in [3.8, 4) is 6.07 Å². The molecule has 22 heavy (non-hydrogen) atoms. The Labute approximate surface area is 132 Å². The second kappa shape index (κ2) is 11.0. The summed E-state index contributed by atoms with van der Waals surface area (Å²) in [5, 5.41) is 20.1. The lowest BCUT2D eigenvalue weighted by molar-refractivity contribution is -0.524. The predicted octanol–water partition coefficient (Wildman–Crippen LogP) is 3.76. The van der Waals surface area contributed by atoms with Crippen LogP contribution in [0.25, 0.3) is 0 Å². The van der Waals surface area contributed by atoms with E-state index >= 15 is 0 Å². The molecule has 0 aliphatic carbocycles. The maximum Gasteiger partial charge on any atom is 0.307 e. The largest absolute Gasteiger partial charge is 0.447 e. The molecular formula is C16H26N2O4. The highest BCUT2D eigenvalue weighted by Gasteiger charge is 2.23. The molecule has 1 fully saturated rings.